The fraction of sp³-hybridized carbons (Fsp3) is 0.143. The highest BCUT2D eigenvalue weighted by atomic mass is 35.5. The molecule has 2 aromatic carbocycles. The van der Waals surface area contributed by atoms with Gasteiger partial charge in [-0.05, 0) is 42.8 Å². The molecule has 2 heterocycles. The van der Waals surface area contributed by atoms with E-state index in [2.05, 4.69) is 4.98 Å². The van der Waals surface area contributed by atoms with E-state index in [1.54, 1.807) is 59.3 Å². The second kappa shape index (κ2) is 7.86. The van der Waals surface area contributed by atoms with E-state index in [-0.39, 0.29) is 15.8 Å². The van der Waals surface area contributed by atoms with E-state index in [1.165, 1.54) is 0 Å². The quantitative estimate of drug-likeness (QED) is 0.455. The number of rotatable bonds is 6. The van der Waals surface area contributed by atoms with Crippen LogP contribution in [-0.2, 0) is 27.6 Å². The first-order valence-electron chi connectivity index (χ1n) is 9.01. The second-order valence-corrected chi connectivity index (χ2v) is 10.5. The molecular weight excluding hydrogens is 444 g/mol. The van der Waals surface area contributed by atoms with Crippen molar-refractivity contribution in [3.05, 3.63) is 75.9 Å². The van der Waals surface area contributed by atoms with Gasteiger partial charge in [0.1, 0.15) is 6.54 Å². The Bertz CT molecular complexity index is 1360. The fourth-order valence-electron chi connectivity index (χ4n) is 3.46. The van der Waals surface area contributed by atoms with Gasteiger partial charge in [0.2, 0.25) is 14.2 Å². The van der Waals surface area contributed by atoms with E-state index in [0.29, 0.717) is 11.4 Å². The summed E-state index contributed by atoms with van der Waals surface area (Å²) in [4.78, 5) is 16.4. The van der Waals surface area contributed by atoms with Gasteiger partial charge in [0, 0.05) is 39.1 Å². The number of carbonyl (C=O) groups is 1. The number of carboxylic acid groups (broad SMARTS) is 1. The van der Waals surface area contributed by atoms with Crippen molar-refractivity contribution in [2.45, 2.75) is 29.1 Å². The predicted octanol–water partition coefficient (Wildman–Crippen LogP) is 4.57. The molecule has 2 aromatic heterocycles. The third-order valence-electron chi connectivity index (χ3n) is 4.88. The molecule has 4 rings (SSSR count). The third kappa shape index (κ3) is 3.74. The highest BCUT2D eigenvalue weighted by Gasteiger charge is 2.23. The highest BCUT2D eigenvalue weighted by Crippen LogP contribution is 2.33. The van der Waals surface area contributed by atoms with Crippen LogP contribution in [0.15, 0.2) is 64.0 Å². The molecule has 0 atom stereocenters. The molecule has 0 saturated carbocycles. The predicted molar refractivity (Wildman–Crippen MR) is 116 cm³/mol. The molecule has 0 aliphatic heterocycles. The number of benzene rings is 2. The molecule has 0 bridgehead atoms. The maximum absolute atomic E-state index is 12.8. The van der Waals surface area contributed by atoms with Gasteiger partial charge in [-0.25, -0.2) is 13.4 Å². The molecule has 0 spiro atoms. The first-order valence-corrected chi connectivity index (χ1v) is 11.7. The lowest BCUT2D eigenvalue weighted by atomic mass is 10.1. The van der Waals surface area contributed by atoms with Crippen molar-refractivity contribution in [1.82, 2.24) is 9.55 Å². The van der Waals surface area contributed by atoms with Crippen LogP contribution in [0.25, 0.3) is 10.9 Å². The van der Waals surface area contributed by atoms with Gasteiger partial charge in [0.05, 0.1) is 4.90 Å². The molecule has 0 radical (unpaired) electrons. The zero-order valence-corrected chi connectivity index (χ0v) is 18.3. The fourth-order valence-corrected chi connectivity index (χ4v) is 6.24. The summed E-state index contributed by atoms with van der Waals surface area (Å²) in [5.74, 6) is -0.939. The van der Waals surface area contributed by atoms with Crippen LogP contribution in [0.4, 0.5) is 0 Å². The Balaban J connectivity index is 1.75. The summed E-state index contributed by atoms with van der Waals surface area (Å²) in [6, 6.07) is 13.5. The summed E-state index contributed by atoms with van der Waals surface area (Å²) in [7, 11) is -3.68. The molecule has 4 aromatic rings. The van der Waals surface area contributed by atoms with Crippen LogP contribution in [0.2, 0.25) is 5.02 Å². The van der Waals surface area contributed by atoms with Crippen molar-refractivity contribution in [1.29, 1.82) is 0 Å². The molecule has 0 fully saturated rings. The van der Waals surface area contributed by atoms with Crippen molar-refractivity contribution in [2.75, 3.05) is 0 Å². The van der Waals surface area contributed by atoms with Crippen LogP contribution in [-0.4, -0.2) is 29.0 Å². The summed E-state index contributed by atoms with van der Waals surface area (Å²) < 4.78 is 27.4. The van der Waals surface area contributed by atoms with Gasteiger partial charge in [-0.3, -0.25) is 4.79 Å². The van der Waals surface area contributed by atoms with E-state index >= 15 is 0 Å². The van der Waals surface area contributed by atoms with E-state index in [0.717, 1.165) is 38.4 Å². The Morgan fingerprint density at radius 2 is 1.93 bits per heavy atom. The third-order valence-corrected chi connectivity index (χ3v) is 8.27. The Morgan fingerprint density at radius 3 is 2.63 bits per heavy atom. The zero-order chi connectivity index (χ0) is 21.5. The monoisotopic (exact) mass is 460 g/mol. The Kier molecular flexibility index (Phi) is 5.40. The number of halogens is 1. The minimum absolute atomic E-state index is 0.0358. The minimum Gasteiger partial charge on any atom is -0.480 e. The van der Waals surface area contributed by atoms with Crippen LogP contribution in [0.1, 0.15) is 16.1 Å². The largest absolute Gasteiger partial charge is 0.480 e. The first-order chi connectivity index (χ1) is 14.3. The SMILES string of the molecule is Cc1c(Cc2cnc(S(=O)(=O)c3ccccc3)s2)c2cc(Cl)ccc2n1CC(=O)O. The maximum atomic E-state index is 12.8. The molecule has 0 aliphatic rings. The Morgan fingerprint density at radius 1 is 1.20 bits per heavy atom. The van der Waals surface area contributed by atoms with Gasteiger partial charge in [-0.15, -0.1) is 11.3 Å². The van der Waals surface area contributed by atoms with Crippen molar-refractivity contribution in [3.63, 3.8) is 0 Å². The smallest absolute Gasteiger partial charge is 0.323 e. The van der Waals surface area contributed by atoms with Gasteiger partial charge >= 0.3 is 5.97 Å². The van der Waals surface area contributed by atoms with E-state index in [9.17, 15) is 18.3 Å². The first kappa shape index (κ1) is 20.6. The molecule has 0 saturated heterocycles. The molecule has 1 N–H and O–H groups in total. The maximum Gasteiger partial charge on any atom is 0.323 e. The molecule has 0 aliphatic carbocycles. The van der Waals surface area contributed by atoms with Crippen LogP contribution in [0.3, 0.4) is 0 Å². The average molecular weight is 461 g/mol. The number of thiazole rings is 1. The highest BCUT2D eigenvalue weighted by molar-refractivity contribution is 7.93. The number of hydrogen-bond donors (Lipinski definition) is 1. The van der Waals surface area contributed by atoms with Crippen LogP contribution >= 0.6 is 22.9 Å². The standard InChI is InChI=1S/C21H17ClN2O4S2/c1-13-17(18-9-14(22)7-8-19(18)24(13)12-20(25)26)10-15-11-23-21(29-15)30(27,28)16-5-3-2-4-6-16/h2-9,11H,10,12H2,1H3,(H,25,26). The summed E-state index contributed by atoms with van der Waals surface area (Å²) >= 11 is 7.29. The number of aliphatic carboxylic acids is 1. The molecule has 6 nitrogen and oxygen atoms in total. The number of aromatic nitrogens is 2. The van der Waals surface area contributed by atoms with Gasteiger partial charge in [0.25, 0.3) is 0 Å². The second-order valence-electron chi connectivity index (χ2n) is 6.79. The van der Waals surface area contributed by atoms with Crippen LogP contribution < -0.4 is 0 Å². The molecule has 30 heavy (non-hydrogen) atoms. The topological polar surface area (TPSA) is 89.3 Å². The number of nitrogens with zero attached hydrogens (tertiary/aromatic N) is 2. The molecule has 0 unspecified atom stereocenters. The lowest BCUT2D eigenvalue weighted by Gasteiger charge is -2.05. The van der Waals surface area contributed by atoms with Crippen LogP contribution in [0.5, 0.6) is 0 Å². The summed E-state index contributed by atoms with van der Waals surface area (Å²) in [6.07, 6.45) is 1.99. The summed E-state index contributed by atoms with van der Waals surface area (Å²) in [6.45, 7) is 1.69. The zero-order valence-electron chi connectivity index (χ0n) is 15.9. The minimum atomic E-state index is -3.68. The Labute approximate surface area is 182 Å². The van der Waals surface area contributed by atoms with Crippen molar-refractivity contribution in [3.8, 4) is 0 Å². The summed E-state index contributed by atoms with van der Waals surface area (Å²) in [5.41, 5.74) is 2.48. The van der Waals surface area contributed by atoms with E-state index < -0.39 is 15.8 Å². The van der Waals surface area contributed by atoms with Gasteiger partial charge in [0.15, 0.2) is 0 Å². The van der Waals surface area contributed by atoms with Gasteiger partial charge < -0.3 is 9.67 Å². The number of sulfone groups is 1. The number of carboxylic acids is 1. The molecule has 9 heteroatoms. The lowest BCUT2D eigenvalue weighted by molar-refractivity contribution is -0.137. The average Bonchev–Trinajstić information content (AvgIpc) is 3.28. The van der Waals surface area contributed by atoms with Crippen molar-refractivity contribution in [2.24, 2.45) is 0 Å². The normalized spacial score (nSPS) is 11.8. The van der Waals surface area contributed by atoms with E-state index in [1.807, 2.05) is 6.92 Å². The molecule has 154 valence electrons. The molecular formula is C21H17ClN2O4S2. The number of hydrogen-bond acceptors (Lipinski definition) is 5. The van der Waals surface area contributed by atoms with E-state index in [4.69, 9.17) is 11.6 Å². The summed E-state index contributed by atoms with van der Waals surface area (Å²) in [5, 5.41) is 10.7. The Hall–Kier alpha value is -2.68. The number of fused-ring (bicyclic) bond motifs is 1. The molecule has 0 amide bonds. The van der Waals surface area contributed by atoms with Crippen molar-refractivity contribution < 1.29 is 18.3 Å². The van der Waals surface area contributed by atoms with Gasteiger partial charge in [-0.1, -0.05) is 29.8 Å². The lowest BCUT2D eigenvalue weighted by Crippen LogP contribution is -2.10. The van der Waals surface area contributed by atoms with Crippen LogP contribution in [0, 0.1) is 6.92 Å². The van der Waals surface area contributed by atoms with Gasteiger partial charge in [-0.2, -0.15) is 0 Å². The van der Waals surface area contributed by atoms with Crippen molar-refractivity contribution >= 4 is 49.6 Å².